The van der Waals surface area contributed by atoms with Crippen LogP contribution in [0.5, 0.6) is 11.5 Å². The number of phenolic OH excluding ortho intramolecular Hbond substituents is 1. The van der Waals surface area contributed by atoms with E-state index < -0.39 is 6.16 Å². The second kappa shape index (κ2) is 21.5. The van der Waals surface area contributed by atoms with E-state index in [1.807, 2.05) is 0 Å². The van der Waals surface area contributed by atoms with Crippen molar-refractivity contribution in [2.45, 2.75) is 129 Å². The van der Waals surface area contributed by atoms with Crippen LogP contribution in [0.1, 0.15) is 122 Å². The number of carbonyl (C=O) groups is 1. The maximum atomic E-state index is 10.8. The first kappa shape index (κ1) is 31.2. The van der Waals surface area contributed by atoms with Gasteiger partial charge in [0.25, 0.3) is 0 Å². The van der Waals surface area contributed by atoms with E-state index in [1.54, 1.807) is 12.1 Å². The molecule has 0 aliphatic carbocycles. The van der Waals surface area contributed by atoms with E-state index in [1.165, 1.54) is 83.1 Å². The van der Waals surface area contributed by atoms with Crippen LogP contribution in [0.25, 0.3) is 0 Å². The van der Waals surface area contributed by atoms with Gasteiger partial charge in [-0.3, -0.25) is 0 Å². The van der Waals surface area contributed by atoms with Gasteiger partial charge in [-0.25, -0.2) is 4.79 Å². The molecule has 0 radical (unpaired) electrons. The summed E-state index contributed by atoms with van der Waals surface area (Å²) in [6.45, 7) is 5.90. The third-order valence-electron chi connectivity index (χ3n) is 6.27. The van der Waals surface area contributed by atoms with Crippen LogP contribution in [0.15, 0.2) is 18.2 Å². The Kier molecular flexibility index (Phi) is 19.2. The second-order valence-electron chi connectivity index (χ2n) is 9.44. The summed E-state index contributed by atoms with van der Waals surface area (Å²) >= 11 is 0. The molecular formula is C29H50O6. The standard InChI is InChI=1S/C29H50O6/c1-3-5-7-9-11-13-15-23-33-27(34-24-16-14-12-10-8-6-4-2)22-18-20-25-19-17-21-26(28(25)30)35-29(31)32/h17,19,21,27,30H,3-16,18,20,22-24H2,1-2H3,(H,31,32). The SMILES string of the molecule is CCCCCCCCCOC(CCCc1cccc(OC(=O)O)c1O)OCCCCCCCCC. The Labute approximate surface area is 213 Å². The number of unbranched alkanes of at least 4 members (excludes halogenated alkanes) is 12. The number of ether oxygens (including phenoxy) is 3. The van der Waals surface area contributed by atoms with Gasteiger partial charge >= 0.3 is 6.16 Å². The summed E-state index contributed by atoms with van der Waals surface area (Å²) in [4.78, 5) is 10.8. The van der Waals surface area contributed by atoms with Crippen molar-refractivity contribution in [2.24, 2.45) is 0 Å². The van der Waals surface area contributed by atoms with Crippen LogP contribution in [-0.2, 0) is 15.9 Å². The molecule has 0 aliphatic heterocycles. The minimum Gasteiger partial charge on any atom is -0.504 e. The van der Waals surface area contributed by atoms with Gasteiger partial charge in [-0.1, -0.05) is 103 Å². The van der Waals surface area contributed by atoms with Crippen molar-refractivity contribution >= 4 is 6.16 Å². The second-order valence-corrected chi connectivity index (χ2v) is 9.44. The predicted octanol–water partition coefficient (Wildman–Crippen LogP) is 8.63. The Hall–Kier alpha value is -1.79. The van der Waals surface area contributed by atoms with Crippen LogP contribution in [0, 0.1) is 0 Å². The van der Waals surface area contributed by atoms with E-state index in [9.17, 15) is 9.90 Å². The molecule has 6 nitrogen and oxygen atoms in total. The molecule has 1 rings (SSSR count). The highest BCUT2D eigenvalue weighted by atomic mass is 16.7. The molecule has 0 unspecified atom stereocenters. The average Bonchev–Trinajstić information content (AvgIpc) is 2.84. The highest BCUT2D eigenvalue weighted by molar-refractivity contribution is 5.63. The summed E-state index contributed by atoms with van der Waals surface area (Å²) in [5.41, 5.74) is 0.668. The van der Waals surface area contributed by atoms with E-state index in [-0.39, 0.29) is 17.8 Å². The van der Waals surface area contributed by atoms with Crippen molar-refractivity contribution in [1.29, 1.82) is 0 Å². The van der Waals surface area contributed by atoms with Gasteiger partial charge in [0, 0.05) is 13.2 Å². The van der Waals surface area contributed by atoms with Gasteiger partial charge in [0.05, 0.1) is 0 Å². The predicted molar refractivity (Wildman–Crippen MR) is 141 cm³/mol. The highest BCUT2D eigenvalue weighted by Gasteiger charge is 2.14. The molecule has 0 atom stereocenters. The van der Waals surface area contributed by atoms with Gasteiger partial charge in [-0.15, -0.1) is 0 Å². The summed E-state index contributed by atoms with van der Waals surface area (Å²) < 4.78 is 16.8. The van der Waals surface area contributed by atoms with Crippen molar-refractivity contribution in [3.63, 3.8) is 0 Å². The number of benzene rings is 1. The zero-order chi connectivity index (χ0) is 25.6. The fraction of sp³-hybridized carbons (Fsp3) is 0.759. The monoisotopic (exact) mass is 494 g/mol. The smallest absolute Gasteiger partial charge is 0.504 e. The van der Waals surface area contributed by atoms with Crippen molar-refractivity contribution < 1.29 is 29.2 Å². The lowest BCUT2D eigenvalue weighted by Gasteiger charge is -2.19. The van der Waals surface area contributed by atoms with Crippen molar-refractivity contribution in [3.05, 3.63) is 23.8 Å². The van der Waals surface area contributed by atoms with Crippen LogP contribution >= 0.6 is 0 Å². The van der Waals surface area contributed by atoms with Crippen LogP contribution in [0.4, 0.5) is 4.79 Å². The van der Waals surface area contributed by atoms with Gasteiger partial charge in [0.15, 0.2) is 17.8 Å². The third kappa shape index (κ3) is 16.5. The normalized spacial score (nSPS) is 11.3. The number of para-hydroxylation sites is 1. The minimum atomic E-state index is -1.44. The van der Waals surface area contributed by atoms with Crippen LogP contribution < -0.4 is 4.74 Å². The van der Waals surface area contributed by atoms with E-state index in [2.05, 4.69) is 18.6 Å². The average molecular weight is 495 g/mol. The van der Waals surface area contributed by atoms with E-state index in [4.69, 9.17) is 14.6 Å². The minimum absolute atomic E-state index is 0.0306. The molecule has 0 bridgehead atoms. The number of hydrogen-bond donors (Lipinski definition) is 2. The first-order chi connectivity index (χ1) is 17.1. The summed E-state index contributed by atoms with van der Waals surface area (Å²) in [6, 6.07) is 4.93. The van der Waals surface area contributed by atoms with E-state index in [0.29, 0.717) is 25.2 Å². The van der Waals surface area contributed by atoms with Crippen molar-refractivity contribution in [1.82, 2.24) is 0 Å². The molecule has 6 heteroatoms. The van der Waals surface area contributed by atoms with Crippen LogP contribution in [-0.4, -0.2) is 35.9 Å². The molecule has 2 N–H and O–H groups in total. The quantitative estimate of drug-likeness (QED) is 0.0685. The fourth-order valence-corrected chi connectivity index (χ4v) is 4.17. The van der Waals surface area contributed by atoms with Gasteiger partial charge in [0.1, 0.15) is 0 Å². The number of carboxylic acid groups (broad SMARTS) is 1. The van der Waals surface area contributed by atoms with Gasteiger partial charge in [0.2, 0.25) is 0 Å². The molecule has 0 fully saturated rings. The molecule has 1 aromatic carbocycles. The Balaban J connectivity index is 2.40. The fourth-order valence-electron chi connectivity index (χ4n) is 4.17. The van der Waals surface area contributed by atoms with Crippen molar-refractivity contribution in [2.75, 3.05) is 13.2 Å². The van der Waals surface area contributed by atoms with E-state index in [0.717, 1.165) is 25.7 Å². The molecule has 0 aromatic heterocycles. The van der Waals surface area contributed by atoms with Crippen LogP contribution in [0.3, 0.4) is 0 Å². The van der Waals surface area contributed by atoms with Gasteiger partial charge in [-0.05, 0) is 43.7 Å². The lowest BCUT2D eigenvalue weighted by Crippen LogP contribution is -2.19. The van der Waals surface area contributed by atoms with Gasteiger partial charge in [-0.2, -0.15) is 0 Å². The number of hydrogen-bond acceptors (Lipinski definition) is 5. The summed E-state index contributed by atoms with van der Waals surface area (Å²) in [7, 11) is 0. The number of aryl methyl sites for hydroxylation is 1. The molecule has 0 saturated carbocycles. The summed E-state index contributed by atoms with van der Waals surface area (Å²) in [5.74, 6) is -0.142. The third-order valence-corrected chi connectivity index (χ3v) is 6.27. The molecule has 35 heavy (non-hydrogen) atoms. The Morgan fingerprint density at radius 3 is 1.80 bits per heavy atom. The van der Waals surface area contributed by atoms with E-state index >= 15 is 0 Å². The lowest BCUT2D eigenvalue weighted by molar-refractivity contribution is -0.147. The highest BCUT2D eigenvalue weighted by Crippen LogP contribution is 2.31. The summed E-state index contributed by atoms with van der Waals surface area (Å²) in [6.07, 6.45) is 17.9. The zero-order valence-electron chi connectivity index (χ0n) is 22.3. The molecule has 1 aromatic rings. The largest absolute Gasteiger partial charge is 0.511 e. The number of aromatic hydroxyl groups is 1. The molecule has 0 amide bonds. The molecule has 0 heterocycles. The maximum Gasteiger partial charge on any atom is 0.511 e. The van der Waals surface area contributed by atoms with Crippen LogP contribution in [0.2, 0.25) is 0 Å². The first-order valence-electron chi connectivity index (χ1n) is 14.0. The first-order valence-corrected chi connectivity index (χ1v) is 14.0. The Bertz CT molecular complexity index is 628. The zero-order valence-corrected chi connectivity index (χ0v) is 22.3. The Morgan fingerprint density at radius 1 is 0.771 bits per heavy atom. The summed E-state index contributed by atoms with van der Waals surface area (Å²) in [5, 5.41) is 19.1. The molecule has 0 spiro atoms. The van der Waals surface area contributed by atoms with Crippen molar-refractivity contribution in [3.8, 4) is 11.5 Å². The molecule has 202 valence electrons. The number of phenols is 1. The number of rotatable bonds is 23. The lowest BCUT2D eigenvalue weighted by atomic mass is 10.1. The maximum absolute atomic E-state index is 10.8. The molecule has 0 aliphatic rings. The molecular weight excluding hydrogens is 444 g/mol. The topological polar surface area (TPSA) is 85.2 Å². The molecule has 0 saturated heterocycles. The van der Waals surface area contributed by atoms with Gasteiger partial charge < -0.3 is 24.4 Å². The Morgan fingerprint density at radius 2 is 1.29 bits per heavy atom.